The normalized spacial score (nSPS) is 26.7. The van der Waals surface area contributed by atoms with Gasteiger partial charge in [-0.05, 0) is 27.2 Å². The largest absolute Gasteiger partial charge is 0.573 e. The van der Waals surface area contributed by atoms with Crippen LogP contribution in [0.25, 0.3) is 0 Å². The number of rotatable bonds is 4. The number of nitriles is 1. The SMILES string of the molecule is C[C@@H]1CN(c2ncnc3c2C(C)(C)CN3c2cnc(C#N)c(OC(F)(F)F)c2)[C@@H](C)CN1C(=O)C1(C)CCS1(=O)=O. The van der Waals surface area contributed by atoms with E-state index >= 15 is 0 Å². The molecule has 15 heteroatoms. The van der Waals surface area contributed by atoms with Crippen molar-refractivity contribution >= 4 is 33.1 Å². The van der Waals surface area contributed by atoms with Crippen molar-refractivity contribution in [2.75, 3.05) is 35.2 Å². The third-order valence-corrected chi connectivity index (χ3v) is 10.8. The summed E-state index contributed by atoms with van der Waals surface area (Å²) in [6.45, 7) is 10.3. The number of aromatic nitrogens is 3. The number of sulfone groups is 1. The van der Waals surface area contributed by atoms with E-state index in [1.807, 2.05) is 27.7 Å². The molecule has 2 fully saturated rings. The maximum atomic E-state index is 13.4. The number of carbonyl (C=O) groups excluding carboxylic acids is 1. The summed E-state index contributed by atoms with van der Waals surface area (Å²) < 4.78 is 66.5. The van der Waals surface area contributed by atoms with Gasteiger partial charge in [-0.15, -0.1) is 13.2 Å². The minimum absolute atomic E-state index is 0.0103. The highest BCUT2D eigenvalue weighted by Crippen LogP contribution is 2.48. The van der Waals surface area contributed by atoms with E-state index in [1.165, 1.54) is 19.4 Å². The zero-order valence-corrected chi connectivity index (χ0v) is 24.0. The van der Waals surface area contributed by atoms with Crippen LogP contribution in [0.4, 0.5) is 30.5 Å². The van der Waals surface area contributed by atoms with E-state index < -0.39 is 37.8 Å². The van der Waals surface area contributed by atoms with E-state index in [4.69, 9.17) is 0 Å². The van der Waals surface area contributed by atoms with Crippen LogP contribution in [-0.4, -0.2) is 82.8 Å². The van der Waals surface area contributed by atoms with Crippen LogP contribution in [0.5, 0.6) is 5.75 Å². The van der Waals surface area contributed by atoms with Crippen LogP contribution in [0.1, 0.15) is 52.3 Å². The zero-order chi connectivity index (χ0) is 30.1. The molecule has 0 N–H and O–H groups in total. The first-order valence-corrected chi connectivity index (χ1v) is 14.7. The highest BCUT2D eigenvalue weighted by molar-refractivity contribution is 7.95. The number of anilines is 3. The molecule has 5 heterocycles. The molecular weight excluding hydrogens is 563 g/mol. The van der Waals surface area contributed by atoms with Gasteiger partial charge in [0.1, 0.15) is 28.8 Å². The maximum Gasteiger partial charge on any atom is 0.573 e. The van der Waals surface area contributed by atoms with E-state index in [0.29, 0.717) is 37.7 Å². The van der Waals surface area contributed by atoms with Crippen LogP contribution in [0.3, 0.4) is 0 Å². The second kappa shape index (κ2) is 9.43. The molecule has 0 saturated carbocycles. The fourth-order valence-electron chi connectivity index (χ4n) is 5.85. The predicted octanol–water partition coefficient (Wildman–Crippen LogP) is 3.07. The molecular formula is C26H30F3N7O4S. The summed E-state index contributed by atoms with van der Waals surface area (Å²) in [5.74, 6) is 0.0348. The van der Waals surface area contributed by atoms with Crippen LogP contribution >= 0.6 is 0 Å². The van der Waals surface area contributed by atoms with Crippen LogP contribution < -0.4 is 14.5 Å². The number of piperazine rings is 1. The lowest BCUT2D eigenvalue weighted by molar-refractivity contribution is -0.274. The Kier molecular flexibility index (Phi) is 6.64. The second-order valence-electron chi connectivity index (χ2n) is 11.7. The Morgan fingerprint density at radius 3 is 2.39 bits per heavy atom. The average molecular weight is 594 g/mol. The van der Waals surface area contributed by atoms with Gasteiger partial charge in [0, 0.05) is 48.8 Å². The minimum atomic E-state index is -5.00. The van der Waals surface area contributed by atoms with Crippen molar-refractivity contribution in [3.8, 4) is 11.8 Å². The van der Waals surface area contributed by atoms with Gasteiger partial charge in [0.05, 0.1) is 17.6 Å². The molecule has 0 spiro atoms. The Morgan fingerprint density at radius 2 is 1.80 bits per heavy atom. The summed E-state index contributed by atoms with van der Waals surface area (Å²) in [6.07, 6.45) is -2.01. The van der Waals surface area contributed by atoms with E-state index in [1.54, 1.807) is 15.9 Å². The fourth-order valence-corrected chi connectivity index (χ4v) is 7.38. The van der Waals surface area contributed by atoms with Crippen LogP contribution in [0.15, 0.2) is 18.6 Å². The number of pyridine rings is 1. The van der Waals surface area contributed by atoms with Gasteiger partial charge in [-0.1, -0.05) is 13.8 Å². The van der Waals surface area contributed by atoms with Gasteiger partial charge in [0.15, 0.2) is 21.3 Å². The Balaban J connectivity index is 1.48. The van der Waals surface area contributed by atoms with Gasteiger partial charge in [0.2, 0.25) is 5.91 Å². The zero-order valence-electron chi connectivity index (χ0n) is 23.2. The maximum absolute atomic E-state index is 13.4. The molecule has 220 valence electrons. The molecule has 2 aromatic heterocycles. The quantitative estimate of drug-likeness (QED) is 0.521. The van der Waals surface area contributed by atoms with Crippen molar-refractivity contribution in [3.63, 3.8) is 0 Å². The van der Waals surface area contributed by atoms with E-state index in [0.717, 1.165) is 11.6 Å². The third kappa shape index (κ3) is 4.71. The summed E-state index contributed by atoms with van der Waals surface area (Å²) in [5, 5.41) is 9.23. The van der Waals surface area contributed by atoms with Crippen molar-refractivity contribution in [3.05, 3.63) is 29.8 Å². The van der Waals surface area contributed by atoms with Crippen molar-refractivity contribution in [1.82, 2.24) is 19.9 Å². The smallest absolute Gasteiger partial charge is 0.403 e. The second-order valence-corrected chi connectivity index (χ2v) is 14.2. The fraction of sp³-hybridized carbons (Fsp3) is 0.577. The molecule has 3 atom stereocenters. The molecule has 1 amide bonds. The van der Waals surface area contributed by atoms with E-state index in [2.05, 4.69) is 24.6 Å². The molecule has 0 aromatic carbocycles. The molecule has 3 aliphatic heterocycles. The molecule has 5 rings (SSSR count). The van der Waals surface area contributed by atoms with Gasteiger partial charge >= 0.3 is 6.36 Å². The van der Waals surface area contributed by atoms with Crippen LogP contribution in [0, 0.1) is 11.3 Å². The number of hydrogen-bond acceptors (Lipinski definition) is 10. The predicted molar refractivity (Wildman–Crippen MR) is 142 cm³/mol. The third-order valence-electron chi connectivity index (χ3n) is 8.28. The molecule has 0 radical (unpaired) electrons. The first-order valence-electron chi connectivity index (χ1n) is 13.1. The number of ether oxygens (including phenoxy) is 1. The number of fused-ring (bicyclic) bond motifs is 1. The molecule has 2 aromatic rings. The van der Waals surface area contributed by atoms with Gasteiger partial charge in [-0.25, -0.2) is 23.4 Å². The summed E-state index contributed by atoms with van der Waals surface area (Å²) >= 11 is 0. The number of nitrogens with zero attached hydrogens (tertiary/aromatic N) is 7. The number of hydrogen-bond donors (Lipinski definition) is 0. The Hall–Kier alpha value is -3.67. The van der Waals surface area contributed by atoms with Crippen LogP contribution in [0.2, 0.25) is 0 Å². The summed E-state index contributed by atoms with van der Waals surface area (Å²) in [7, 11) is -3.48. The lowest BCUT2D eigenvalue weighted by Gasteiger charge is -2.49. The van der Waals surface area contributed by atoms with Gasteiger partial charge in [-0.3, -0.25) is 4.79 Å². The molecule has 2 saturated heterocycles. The molecule has 0 bridgehead atoms. The first-order chi connectivity index (χ1) is 19.0. The minimum Gasteiger partial charge on any atom is -0.403 e. The molecule has 11 nitrogen and oxygen atoms in total. The highest BCUT2D eigenvalue weighted by Gasteiger charge is 2.57. The first kappa shape index (κ1) is 28.8. The Morgan fingerprint density at radius 1 is 1.12 bits per heavy atom. The number of amides is 1. The lowest BCUT2D eigenvalue weighted by Crippen LogP contribution is -2.66. The van der Waals surface area contributed by atoms with Gasteiger partial charge in [0.25, 0.3) is 0 Å². The van der Waals surface area contributed by atoms with Crippen molar-refractivity contribution in [1.29, 1.82) is 5.26 Å². The number of halogens is 3. The van der Waals surface area contributed by atoms with Crippen molar-refractivity contribution in [2.24, 2.45) is 0 Å². The standard InChI is InChI=1S/C26H30F3N7O4S/c1-15-12-35(23(37)25(5)6-7-41(25,38)39)16(2)11-34(15)21-20-22(33-14-32-21)36(13-24(20,3)4)17-8-19(40-26(27,28)29)18(9-30)31-10-17/h8,10,14-16H,6-7,11-13H2,1-5H3/t15-,16+,25?/m0/s1. The monoisotopic (exact) mass is 593 g/mol. The summed E-state index contributed by atoms with van der Waals surface area (Å²) in [5.41, 5.74) is 0.00213. The topological polar surface area (TPSA) is 133 Å². The Labute approximate surface area is 235 Å². The number of carbonyl (C=O) groups is 1. The summed E-state index contributed by atoms with van der Waals surface area (Å²) in [6, 6.07) is 2.22. The van der Waals surface area contributed by atoms with Crippen LogP contribution in [-0.2, 0) is 20.0 Å². The highest BCUT2D eigenvalue weighted by atomic mass is 32.2. The van der Waals surface area contributed by atoms with E-state index in [9.17, 15) is 31.6 Å². The lowest BCUT2D eigenvalue weighted by atomic mass is 9.87. The molecule has 0 aliphatic carbocycles. The van der Waals surface area contributed by atoms with Gasteiger partial charge < -0.3 is 19.4 Å². The van der Waals surface area contributed by atoms with Crippen molar-refractivity contribution < 1.29 is 31.1 Å². The Bertz CT molecular complexity index is 1560. The van der Waals surface area contributed by atoms with Gasteiger partial charge in [-0.2, -0.15) is 5.26 Å². The average Bonchev–Trinajstić information content (AvgIpc) is 3.18. The molecule has 3 aliphatic rings. The molecule has 1 unspecified atom stereocenters. The van der Waals surface area contributed by atoms with Crippen molar-refractivity contribution in [2.45, 2.75) is 69.6 Å². The number of alkyl halides is 3. The van der Waals surface area contributed by atoms with E-state index in [-0.39, 0.29) is 29.4 Å². The summed E-state index contributed by atoms with van der Waals surface area (Å²) in [4.78, 5) is 31.7. The molecule has 41 heavy (non-hydrogen) atoms.